The van der Waals surface area contributed by atoms with Gasteiger partial charge in [-0.15, -0.1) is 0 Å². The van der Waals surface area contributed by atoms with Crippen molar-refractivity contribution in [2.24, 2.45) is 0 Å². The van der Waals surface area contributed by atoms with E-state index in [1.54, 1.807) is 0 Å². The normalized spacial score (nSPS) is 14.3. The minimum Gasteiger partial charge on any atom is -0.452 e. The second kappa shape index (κ2) is 9.16. The molecule has 142 valence electrons. The molecule has 0 atom stereocenters. The first-order valence-electron chi connectivity index (χ1n) is 9.20. The summed E-state index contributed by atoms with van der Waals surface area (Å²) in [5, 5.41) is 2.68. The Morgan fingerprint density at radius 3 is 2.30 bits per heavy atom. The lowest BCUT2D eigenvalue weighted by atomic mass is 10.2. The maximum absolute atomic E-state index is 13.5. The predicted octanol–water partition coefficient (Wildman–Crippen LogP) is 4.00. The number of carbonyl (C=O) groups is 2. The number of hydrogen-bond acceptors (Lipinski definition) is 4. The minimum atomic E-state index is -0.861. The summed E-state index contributed by atoms with van der Waals surface area (Å²) >= 11 is 0. The van der Waals surface area contributed by atoms with Gasteiger partial charge in [-0.3, -0.25) is 4.79 Å². The van der Waals surface area contributed by atoms with Crippen molar-refractivity contribution < 1.29 is 18.7 Å². The van der Waals surface area contributed by atoms with E-state index in [9.17, 15) is 14.0 Å². The van der Waals surface area contributed by atoms with Crippen LogP contribution < -0.4 is 10.2 Å². The third-order valence-corrected chi connectivity index (χ3v) is 4.55. The second-order valence-corrected chi connectivity index (χ2v) is 6.55. The van der Waals surface area contributed by atoms with Crippen molar-refractivity contribution in [1.82, 2.24) is 0 Å². The van der Waals surface area contributed by atoms with Gasteiger partial charge in [0.15, 0.2) is 6.61 Å². The van der Waals surface area contributed by atoms with Crippen LogP contribution in [0.1, 0.15) is 36.0 Å². The van der Waals surface area contributed by atoms with Gasteiger partial charge in [0, 0.05) is 24.5 Å². The first kappa shape index (κ1) is 18.9. The third-order valence-electron chi connectivity index (χ3n) is 4.55. The molecule has 0 radical (unpaired) electrons. The van der Waals surface area contributed by atoms with Crippen molar-refractivity contribution in [1.29, 1.82) is 0 Å². The molecule has 0 unspecified atom stereocenters. The molecule has 1 N–H and O–H groups in total. The summed E-state index contributed by atoms with van der Waals surface area (Å²) in [6.07, 6.45) is 4.95. The van der Waals surface area contributed by atoms with Gasteiger partial charge in [-0.1, -0.05) is 25.0 Å². The summed E-state index contributed by atoms with van der Waals surface area (Å²) in [4.78, 5) is 26.2. The summed E-state index contributed by atoms with van der Waals surface area (Å²) in [7, 11) is 0. The lowest BCUT2D eigenvalue weighted by Crippen LogP contribution is -2.24. The Bertz CT molecular complexity index is 784. The van der Waals surface area contributed by atoms with Crippen LogP contribution >= 0.6 is 0 Å². The number of ether oxygens (including phenoxy) is 1. The standard InChI is InChI=1S/C21H23FN2O3/c22-19-8-4-3-7-18(19)21(26)27-15-20(25)23-16-9-11-17(12-10-16)24-13-5-1-2-6-14-24/h3-4,7-12H,1-2,5-6,13-15H2,(H,23,25). The van der Waals surface area contributed by atoms with Crippen LogP contribution in [0.15, 0.2) is 48.5 Å². The highest BCUT2D eigenvalue weighted by Gasteiger charge is 2.14. The zero-order chi connectivity index (χ0) is 19.1. The number of halogens is 1. The highest BCUT2D eigenvalue weighted by molar-refractivity contribution is 5.95. The van der Waals surface area contributed by atoms with Crippen molar-refractivity contribution in [2.75, 3.05) is 29.9 Å². The van der Waals surface area contributed by atoms with E-state index in [0.717, 1.165) is 18.8 Å². The number of nitrogens with one attached hydrogen (secondary N) is 1. The molecule has 1 aliphatic rings. The second-order valence-electron chi connectivity index (χ2n) is 6.55. The van der Waals surface area contributed by atoms with Crippen molar-refractivity contribution in [3.8, 4) is 0 Å². The van der Waals surface area contributed by atoms with E-state index < -0.39 is 24.3 Å². The Hall–Kier alpha value is -2.89. The lowest BCUT2D eigenvalue weighted by Gasteiger charge is -2.22. The molecule has 0 bridgehead atoms. The van der Waals surface area contributed by atoms with Gasteiger partial charge in [-0.05, 0) is 49.2 Å². The number of anilines is 2. The van der Waals surface area contributed by atoms with E-state index in [1.165, 1.54) is 49.9 Å². The Morgan fingerprint density at radius 1 is 0.963 bits per heavy atom. The minimum absolute atomic E-state index is 0.188. The molecule has 0 aromatic heterocycles. The lowest BCUT2D eigenvalue weighted by molar-refractivity contribution is -0.119. The van der Waals surface area contributed by atoms with Gasteiger partial charge in [0.2, 0.25) is 0 Å². The first-order chi connectivity index (χ1) is 13.1. The van der Waals surface area contributed by atoms with Gasteiger partial charge >= 0.3 is 5.97 Å². The summed E-state index contributed by atoms with van der Waals surface area (Å²) in [6.45, 7) is 1.64. The average molecular weight is 370 g/mol. The zero-order valence-corrected chi connectivity index (χ0v) is 15.1. The Morgan fingerprint density at radius 2 is 1.63 bits per heavy atom. The summed E-state index contributed by atoms with van der Waals surface area (Å²) in [6, 6.07) is 13.1. The van der Waals surface area contributed by atoms with Crippen LogP contribution in [0.5, 0.6) is 0 Å². The van der Waals surface area contributed by atoms with Crippen LogP contribution in [0.25, 0.3) is 0 Å². The quantitative estimate of drug-likeness (QED) is 0.808. The molecule has 1 saturated heterocycles. The van der Waals surface area contributed by atoms with Crippen LogP contribution in [0.2, 0.25) is 0 Å². The van der Waals surface area contributed by atoms with Crippen LogP contribution in [-0.4, -0.2) is 31.6 Å². The summed E-state index contributed by atoms with van der Waals surface area (Å²) in [5.74, 6) is -2.01. The number of hydrogen-bond donors (Lipinski definition) is 1. The Balaban J connectivity index is 1.50. The fraction of sp³-hybridized carbons (Fsp3) is 0.333. The zero-order valence-electron chi connectivity index (χ0n) is 15.1. The molecule has 1 fully saturated rings. The monoisotopic (exact) mass is 370 g/mol. The van der Waals surface area contributed by atoms with E-state index >= 15 is 0 Å². The molecule has 1 amide bonds. The largest absolute Gasteiger partial charge is 0.452 e. The first-order valence-corrected chi connectivity index (χ1v) is 9.20. The molecule has 27 heavy (non-hydrogen) atoms. The molecular formula is C21H23FN2O3. The Kier molecular flexibility index (Phi) is 6.41. The molecule has 2 aromatic carbocycles. The highest BCUT2D eigenvalue weighted by atomic mass is 19.1. The van der Waals surface area contributed by atoms with E-state index in [-0.39, 0.29) is 5.56 Å². The molecule has 5 nitrogen and oxygen atoms in total. The van der Waals surface area contributed by atoms with Crippen LogP contribution in [0.3, 0.4) is 0 Å². The molecule has 0 saturated carbocycles. The number of nitrogens with zero attached hydrogens (tertiary/aromatic N) is 1. The summed E-state index contributed by atoms with van der Waals surface area (Å²) < 4.78 is 18.4. The molecule has 3 rings (SSSR count). The number of esters is 1. The van der Waals surface area contributed by atoms with Gasteiger partial charge in [0.25, 0.3) is 5.91 Å². The van der Waals surface area contributed by atoms with Crippen molar-refractivity contribution in [2.45, 2.75) is 25.7 Å². The maximum atomic E-state index is 13.5. The topological polar surface area (TPSA) is 58.6 Å². The van der Waals surface area contributed by atoms with Crippen molar-refractivity contribution in [3.63, 3.8) is 0 Å². The van der Waals surface area contributed by atoms with Gasteiger partial charge < -0.3 is 15.0 Å². The fourth-order valence-electron chi connectivity index (χ4n) is 3.12. The van der Waals surface area contributed by atoms with Gasteiger partial charge in [0.1, 0.15) is 5.82 Å². The van der Waals surface area contributed by atoms with Gasteiger partial charge in [-0.2, -0.15) is 0 Å². The number of carbonyl (C=O) groups excluding carboxylic acids is 2. The van der Waals surface area contributed by atoms with Crippen LogP contribution in [0.4, 0.5) is 15.8 Å². The highest BCUT2D eigenvalue weighted by Crippen LogP contribution is 2.21. The van der Waals surface area contributed by atoms with Crippen molar-refractivity contribution in [3.05, 3.63) is 59.9 Å². The van der Waals surface area contributed by atoms with Crippen LogP contribution in [-0.2, 0) is 9.53 Å². The number of rotatable bonds is 5. The molecule has 1 aliphatic heterocycles. The number of amides is 1. The van der Waals surface area contributed by atoms with E-state index in [1.807, 2.05) is 24.3 Å². The van der Waals surface area contributed by atoms with E-state index in [0.29, 0.717) is 5.69 Å². The smallest absolute Gasteiger partial charge is 0.341 e. The average Bonchev–Trinajstić information content (AvgIpc) is 2.97. The molecule has 2 aromatic rings. The molecule has 0 aliphatic carbocycles. The van der Waals surface area contributed by atoms with Crippen LogP contribution in [0, 0.1) is 5.82 Å². The SMILES string of the molecule is O=C(COC(=O)c1ccccc1F)Nc1ccc(N2CCCCCC2)cc1. The molecule has 6 heteroatoms. The van der Waals surface area contributed by atoms with E-state index in [2.05, 4.69) is 10.2 Å². The third kappa shape index (κ3) is 5.29. The van der Waals surface area contributed by atoms with Crippen molar-refractivity contribution >= 4 is 23.3 Å². The van der Waals surface area contributed by atoms with Gasteiger partial charge in [-0.25, -0.2) is 9.18 Å². The molecule has 0 spiro atoms. The predicted molar refractivity (Wildman–Crippen MR) is 102 cm³/mol. The summed E-state index contributed by atoms with van der Waals surface area (Å²) in [5.41, 5.74) is 1.58. The fourth-order valence-corrected chi connectivity index (χ4v) is 3.12. The maximum Gasteiger partial charge on any atom is 0.341 e. The molecule has 1 heterocycles. The van der Waals surface area contributed by atoms with Gasteiger partial charge in [0.05, 0.1) is 5.56 Å². The number of benzene rings is 2. The Labute approximate surface area is 158 Å². The molecular weight excluding hydrogens is 347 g/mol. The van der Waals surface area contributed by atoms with E-state index in [4.69, 9.17) is 4.74 Å².